The van der Waals surface area contributed by atoms with Crippen LogP contribution in [0.25, 0.3) is 0 Å². The molecule has 14 heavy (non-hydrogen) atoms. The predicted octanol–water partition coefficient (Wildman–Crippen LogP) is 1.03. The van der Waals surface area contributed by atoms with E-state index in [2.05, 4.69) is 15.9 Å². The van der Waals surface area contributed by atoms with Crippen LogP contribution in [0.1, 0.15) is 18.0 Å². The van der Waals surface area contributed by atoms with E-state index in [1.807, 2.05) is 0 Å². The smallest absolute Gasteiger partial charge is 0.219 e. The normalized spacial score (nSPS) is 12.4. The van der Waals surface area contributed by atoms with Gasteiger partial charge in [-0.2, -0.15) is 0 Å². The second-order valence-electron chi connectivity index (χ2n) is 2.99. The number of carbonyl (C=O) groups is 1. The Balaban J connectivity index is 2.85. The third kappa shape index (κ3) is 2.71. The summed E-state index contributed by atoms with van der Waals surface area (Å²) in [6.07, 6.45) is 0.0945. The monoisotopic (exact) mass is 258 g/mol. The maximum Gasteiger partial charge on any atom is 0.219 e. The van der Waals surface area contributed by atoms with Crippen molar-refractivity contribution in [1.82, 2.24) is 0 Å². The Morgan fingerprint density at radius 1 is 1.57 bits per heavy atom. The highest BCUT2D eigenvalue weighted by Gasteiger charge is 2.10. The van der Waals surface area contributed by atoms with E-state index in [1.165, 1.54) is 6.07 Å². The van der Waals surface area contributed by atoms with Crippen LogP contribution in [0.3, 0.4) is 0 Å². The summed E-state index contributed by atoms with van der Waals surface area (Å²) in [6, 6.07) is 4.42. The summed E-state index contributed by atoms with van der Waals surface area (Å²) >= 11 is 3.16. The van der Waals surface area contributed by atoms with Crippen LogP contribution in [0.4, 0.5) is 0 Å². The van der Waals surface area contributed by atoms with Crippen LogP contribution in [0.5, 0.6) is 5.75 Å². The molecule has 0 heterocycles. The molecule has 0 aromatic heterocycles. The average Bonchev–Trinajstić information content (AvgIpc) is 2.08. The molecular weight excluding hydrogens is 248 g/mol. The van der Waals surface area contributed by atoms with Gasteiger partial charge in [-0.1, -0.05) is 6.07 Å². The molecule has 1 aromatic rings. The molecule has 0 aliphatic carbocycles. The van der Waals surface area contributed by atoms with Gasteiger partial charge in [0, 0.05) is 12.5 Å². The van der Waals surface area contributed by atoms with E-state index in [-0.39, 0.29) is 12.2 Å². The quantitative estimate of drug-likeness (QED) is 0.757. The summed E-state index contributed by atoms with van der Waals surface area (Å²) in [7, 11) is 0. The minimum absolute atomic E-state index is 0.0945. The standard InChI is InChI=1S/C9H11BrN2O2/c10-6-3-5(1-2-8(6)13)7(11)4-9(12)14/h1-3,7,13H,4,11H2,(H2,12,14). The van der Waals surface area contributed by atoms with E-state index in [1.54, 1.807) is 12.1 Å². The molecule has 0 fully saturated rings. The van der Waals surface area contributed by atoms with Crippen molar-refractivity contribution < 1.29 is 9.90 Å². The van der Waals surface area contributed by atoms with Crippen molar-refractivity contribution in [3.63, 3.8) is 0 Å². The highest BCUT2D eigenvalue weighted by Crippen LogP contribution is 2.27. The number of hydrogen-bond donors (Lipinski definition) is 3. The van der Waals surface area contributed by atoms with Gasteiger partial charge in [-0.25, -0.2) is 0 Å². The van der Waals surface area contributed by atoms with Gasteiger partial charge in [0.05, 0.1) is 4.47 Å². The van der Waals surface area contributed by atoms with Gasteiger partial charge >= 0.3 is 0 Å². The first-order chi connectivity index (χ1) is 6.50. The van der Waals surface area contributed by atoms with Crippen molar-refractivity contribution in [3.8, 4) is 5.75 Å². The van der Waals surface area contributed by atoms with E-state index in [9.17, 15) is 9.90 Å². The molecule has 0 aliphatic rings. The minimum atomic E-state index is -0.443. The van der Waals surface area contributed by atoms with Crippen LogP contribution >= 0.6 is 15.9 Å². The number of carbonyl (C=O) groups excluding carboxylic acids is 1. The number of hydrogen-bond acceptors (Lipinski definition) is 3. The Labute approximate surface area is 90.0 Å². The minimum Gasteiger partial charge on any atom is -0.507 e. The average molecular weight is 259 g/mol. The van der Waals surface area contributed by atoms with Crippen LogP contribution < -0.4 is 11.5 Å². The van der Waals surface area contributed by atoms with E-state index < -0.39 is 11.9 Å². The molecule has 1 rings (SSSR count). The molecule has 0 bridgehead atoms. The zero-order valence-electron chi connectivity index (χ0n) is 7.40. The van der Waals surface area contributed by atoms with Gasteiger partial charge in [-0.15, -0.1) is 0 Å². The number of benzene rings is 1. The predicted molar refractivity (Wildman–Crippen MR) is 56.5 cm³/mol. The molecule has 0 saturated carbocycles. The largest absolute Gasteiger partial charge is 0.507 e. The van der Waals surface area contributed by atoms with Crippen LogP contribution in [0.2, 0.25) is 0 Å². The Hall–Kier alpha value is -1.07. The van der Waals surface area contributed by atoms with Crippen molar-refractivity contribution in [1.29, 1.82) is 0 Å². The lowest BCUT2D eigenvalue weighted by Gasteiger charge is -2.10. The van der Waals surface area contributed by atoms with Gasteiger partial charge in [0.25, 0.3) is 0 Å². The van der Waals surface area contributed by atoms with Gasteiger partial charge in [-0.3, -0.25) is 4.79 Å². The molecule has 0 radical (unpaired) electrons. The first kappa shape index (κ1) is 11.0. The van der Waals surface area contributed by atoms with Crippen molar-refractivity contribution in [2.45, 2.75) is 12.5 Å². The molecule has 0 saturated heterocycles. The molecule has 5 heteroatoms. The SMILES string of the molecule is NC(=O)CC(N)c1ccc(O)c(Br)c1. The van der Waals surface area contributed by atoms with E-state index in [4.69, 9.17) is 11.5 Å². The lowest BCUT2D eigenvalue weighted by atomic mass is 10.0. The molecule has 76 valence electrons. The van der Waals surface area contributed by atoms with Gasteiger partial charge in [-0.05, 0) is 33.6 Å². The maximum absolute atomic E-state index is 10.6. The van der Waals surface area contributed by atoms with Crippen LogP contribution in [0, 0.1) is 0 Å². The fourth-order valence-corrected chi connectivity index (χ4v) is 1.48. The first-order valence-electron chi connectivity index (χ1n) is 4.03. The molecule has 0 aliphatic heterocycles. The summed E-state index contributed by atoms with van der Waals surface area (Å²) in [4.78, 5) is 10.6. The van der Waals surface area contributed by atoms with Crippen LogP contribution in [-0.2, 0) is 4.79 Å². The molecule has 1 unspecified atom stereocenters. The number of phenolic OH excluding ortho intramolecular Hbond substituents is 1. The van der Waals surface area contributed by atoms with Crippen LogP contribution in [0.15, 0.2) is 22.7 Å². The number of aromatic hydroxyl groups is 1. The number of primary amides is 1. The third-order valence-electron chi connectivity index (χ3n) is 1.82. The Kier molecular flexibility index (Phi) is 3.49. The topological polar surface area (TPSA) is 89.3 Å². The zero-order chi connectivity index (χ0) is 10.7. The van der Waals surface area contributed by atoms with Gasteiger partial charge in [0.1, 0.15) is 5.75 Å². The fraction of sp³-hybridized carbons (Fsp3) is 0.222. The second kappa shape index (κ2) is 4.43. The Morgan fingerprint density at radius 3 is 2.71 bits per heavy atom. The van der Waals surface area contributed by atoms with Crippen LogP contribution in [-0.4, -0.2) is 11.0 Å². The van der Waals surface area contributed by atoms with Crippen molar-refractivity contribution in [2.75, 3.05) is 0 Å². The summed E-state index contributed by atoms with van der Waals surface area (Å²) in [5.74, 6) is -0.304. The van der Waals surface area contributed by atoms with E-state index >= 15 is 0 Å². The Morgan fingerprint density at radius 2 is 2.21 bits per heavy atom. The molecule has 0 spiro atoms. The lowest BCUT2D eigenvalue weighted by molar-refractivity contribution is -0.118. The van der Waals surface area contributed by atoms with Gasteiger partial charge in [0.15, 0.2) is 0 Å². The molecule has 1 aromatic carbocycles. The number of rotatable bonds is 3. The van der Waals surface area contributed by atoms with Crippen molar-refractivity contribution in [3.05, 3.63) is 28.2 Å². The summed E-state index contributed by atoms with van der Waals surface area (Å²) < 4.78 is 0.551. The lowest BCUT2D eigenvalue weighted by Crippen LogP contribution is -2.20. The van der Waals surface area contributed by atoms with E-state index in [0.717, 1.165) is 5.56 Å². The van der Waals surface area contributed by atoms with Gasteiger partial charge < -0.3 is 16.6 Å². The first-order valence-corrected chi connectivity index (χ1v) is 4.82. The number of nitrogens with two attached hydrogens (primary N) is 2. The molecule has 4 nitrogen and oxygen atoms in total. The summed E-state index contributed by atoms with van der Waals surface area (Å²) in [5.41, 5.74) is 11.5. The zero-order valence-corrected chi connectivity index (χ0v) is 8.99. The van der Waals surface area contributed by atoms with Gasteiger partial charge in [0.2, 0.25) is 5.91 Å². The second-order valence-corrected chi connectivity index (χ2v) is 3.84. The van der Waals surface area contributed by atoms with Crippen molar-refractivity contribution in [2.24, 2.45) is 11.5 Å². The summed E-state index contributed by atoms with van der Waals surface area (Å²) in [6.45, 7) is 0. The fourth-order valence-electron chi connectivity index (χ4n) is 1.09. The highest BCUT2D eigenvalue weighted by atomic mass is 79.9. The highest BCUT2D eigenvalue weighted by molar-refractivity contribution is 9.10. The molecule has 5 N–H and O–H groups in total. The summed E-state index contributed by atoms with van der Waals surface area (Å²) in [5, 5.41) is 9.23. The van der Waals surface area contributed by atoms with Crippen molar-refractivity contribution >= 4 is 21.8 Å². The Bertz CT molecular complexity index is 355. The number of amides is 1. The molecular formula is C9H11BrN2O2. The molecule has 1 amide bonds. The number of halogens is 1. The van der Waals surface area contributed by atoms with E-state index in [0.29, 0.717) is 4.47 Å². The molecule has 1 atom stereocenters. The number of phenols is 1. The maximum atomic E-state index is 10.6. The third-order valence-corrected chi connectivity index (χ3v) is 2.46.